The lowest BCUT2D eigenvalue weighted by atomic mass is 9.82. The van der Waals surface area contributed by atoms with Gasteiger partial charge in [-0.3, -0.25) is 0 Å². The zero-order chi connectivity index (χ0) is 26.0. The molecular weight excluding hydrogens is 493 g/mol. The van der Waals surface area contributed by atoms with Gasteiger partial charge in [-0.15, -0.1) is 0 Å². The highest BCUT2D eigenvalue weighted by Gasteiger charge is 2.45. The quantitative estimate of drug-likeness (QED) is 0.354. The van der Waals surface area contributed by atoms with Crippen LogP contribution in [0.3, 0.4) is 0 Å². The SMILES string of the molecule is Oc1cc(-c2ccc3c(N4C[C@H]5CC[C@@H](C4)N5)nc(OCC4CC(F)(F)C4)nc3c2F)c2ccccc2c1. The van der Waals surface area contributed by atoms with Crippen LogP contribution in [-0.2, 0) is 0 Å². The predicted molar refractivity (Wildman–Crippen MR) is 139 cm³/mol. The molecule has 4 aromatic rings. The molecule has 9 heteroatoms. The highest BCUT2D eigenvalue weighted by atomic mass is 19.3. The summed E-state index contributed by atoms with van der Waals surface area (Å²) in [7, 11) is 0. The zero-order valence-electron chi connectivity index (χ0n) is 20.6. The Morgan fingerprint density at radius 3 is 2.50 bits per heavy atom. The third-order valence-corrected chi connectivity index (χ3v) is 8.04. The van der Waals surface area contributed by atoms with Gasteiger partial charge in [-0.05, 0) is 47.4 Å². The minimum atomic E-state index is -2.64. The van der Waals surface area contributed by atoms with Crippen LogP contribution in [0, 0.1) is 11.7 Å². The highest BCUT2D eigenvalue weighted by molar-refractivity contribution is 6.01. The highest BCUT2D eigenvalue weighted by Crippen LogP contribution is 2.43. The molecular formula is C29H27F3N4O2. The van der Waals surface area contributed by atoms with Crippen LogP contribution in [0.2, 0.25) is 0 Å². The van der Waals surface area contributed by atoms with Crippen molar-refractivity contribution in [2.75, 3.05) is 24.6 Å². The van der Waals surface area contributed by atoms with Crippen LogP contribution in [0.4, 0.5) is 19.0 Å². The van der Waals surface area contributed by atoms with E-state index in [9.17, 15) is 13.9 Å². The molecule has 3 aliphatic rings. The maximum Gasteiger partial charge on any atom is 0.319 e. The normalized spacial score (nSPS) is 22.7. The molecule has 7 rings (SSSR count). The second kappa shape index (κ2) is 8.73. The minimum absolute atomic E-state index is 0.00888. The van der Waals surface area contributed by atoms with Crippen molar-refractivity contribution in [3.05, 3.63) is 54.3 Å². The monoisotopic (exact) mass is 520 g/mol. The number of halogens is 3. The first-order valence-electron chi connectivity index (χ1n) is 13.1. The number of aromatic hydroxyl groups is 1. The number of nitrogens with one attached hydrogen (secondary N) is 1. The summed E-state index contributed by atoms with van der Waals surface area (Å²) in [4.78, 5) is 11.3. The van der Waals surface area contributed by atoms with Gasteiger partial charge in [-0.25, -0.2) is 13.2 Å². The number of benzene rings is 3. The molecule has 196 valence electrons. The number of phenolic OH excluding ortho intramolecular Hbond substituents is 1. The lowest BCUT2D eigenvalue weighted by molar-refractivity contribution is -0.119. The van der Waals surface area contributed by atoms with E-state index < -0.39 is 11.7 Å². The molecule has 0 radical (unpaired) electrons. The van der Waals surface area contributed by atoms with E-state index in [0.717, 1.165) is 36.7 Å². The average molecular weight is 521 g/mol. The van der Waals surface area contributed by atoms with Crippen LogP contribution >= 0.6 is 0 Å². The van der Waals surface area contributed by atoms with E-state index >= 15 is 4.39 Å². The van der Waals surface area contributed by atoms with Crippen LogP contribution in [0.5, 0.6) is 11.8 Å². The lowest BCUT2D eigenvalue weighted by Crippen LogP contribution is -2.51. The van der Waals surface area contributed by atoms with Crippen molar-refractivity contribution in [1.29, 1.82) is 0 Å². The zero-order valence-corrected chi connectivity index (χ0v) is 20.6. The molecule has 2 N–H and O–H groups in total. The summed E-state index contributed by atoms with van der Waals surface area (Å²) >= 11 is 0. The fourth-order valence-electron chi connectivity index (χ4n) is 6.22. The van der Waals surface area contributed by atoms with Gasteiger partial charge in [-0.2, -0.15) is 9.97 Å². The van der Waals surface area contributed by atoms with E-state index in [4.69, 9.17) is 4.74 Å². The van der Waals surface area contributed by atoms with Gasteiger partial charge in [-0.1, -0.05) is 30.3 Å². The fraction of sp³-hybridized carbons (Fsp3) is 0.379. The molecule has 2 aliphatic heterocycles. The summed E-state index contributed by atoms with van der Waals surface area (Å²) in [5.74, 6) is -2.83. The van der Waals surface area contributed by atoms with Crippen LogP contribution in [-0.4, -0.2) is 52.8 Å². The van der Waals surface area contributed by atoms with E-state index in [1.807, 2.05) is 30.3 Å². The molecule has 2 saturated heterocycles. The number of fused-ring (bicyclic) bond motifs is 4. The molecule has 2 atom stereocenters. The van der Waals surface area contributed by atoms with Gasteiger partial charge < -0.3 is 20.1 Å². The van der Waals surface area contributed by atoms with Gasteiger partial charge in [0.05, 0.1) is 6.61 Å². The van der Waals surface area contributed by atoms with Crippen LogP contribution < -0.4 is 15.0 Å². The molecule has 6 nitrogen and oxygen atoms in total. The second-order valence-corrected chi connectivity index (χ2v) is 10.9. The Morgan fingerprint density at radius 1 is 0.974 bits per heavy atom. The number of aromatic nitrogens is 2. The van der Waals surface area contributed by atoms with Crippen LogP contribution in [0.15, 0.2) is 48.5 Å². The molecule has 1 saturated carbocycles. The number of hydrogen-bond donors (Lipinski definition) is 2. The average Bonchev–Trinajstić information content (AvgIpc) is 3.22. The summed E-state index contributed by atoms with van der Waals surface area (Å²) in [6.07, 6.45) is 1.70. The molecule has 0 unspecified atom stereocenters. The Morgan fingerprint density at radius 2 is 1.74 bits per heavy atom. The fourth-order valence-corrected chi connectivity index (χ4v) is 6.22. The summed E-state index contributed by atoms with van der Waals surface area (Å²) in [5.41, 5.74) is 0.971. The van der Waals surface area contributed by atoms with Crippen molar-refractivity contribution in [3.8, 4) is 22.9 Å². The first kappa shape index (κ1) is 23.5. The smallest absolute Gasteiger partial charge is 0.319 e. The first-order chi connectivity index (χ1) is 18.3. The molecule has 0 spiro atoms. The molecule has 38 heavy (non-hydrogen) atoms. The number of nitrogens with zero attached hydrogens (tertiary/aromatic N) is 3. The Labute approximate surface area is 217 Å². The van der Waals surface area contributed by atoms with E-state index in [1.165, 1.54) is 0 Å². The van der Waals surface area contributed by atoms with Gasteiger partial charge in [0.15, 0.2) is 5.82 Å². The molecule has 3 heterocycles. The number of rotatable bonds is 5. The molecule has 1 aromatic heterocycles. The van der Waals surface area contributed by atoms with Crippen molar-refractivity contribution >= 4 is 27.5 Å². The van der Waals surface area contributed by atoms with Gasteiger partial charge in [0.1, 0.15) is 17.1 Å². The van der Waals surface area contributed by atoms with Crippen molar-refractivity contribution in [2.24, 2.45) is 5.92 Å². The number of hydrogen-bond acceptors (Lipinski definition) is 6. The number of alkyl halides is 2. The molecule has 2 bridgehead atoms. The lowest BCUT2D eigenvalue weighted by Gasteiger charge is -2.35. The summed E-state index contributed by atoms with van der Waals surface area (Å²) in [6.45, 7) is 1.53. The van der Waals surface area contributed by atoms with Gasteiger partial charge in [0.2, 0.25) is 5.92 Å². The van der Waals surface area contributed by atoms with Gasteiger partial charge in [0.25, 0.3) is 0 Å². The molecule has 1 aliphatic carbocycles. The number of anilines is 1. The van der Waals surface area contributed by atoms with E-state index in [0.29, 0.717) is 34.4 Å². The number of piperazine rings is 1. The van der Waals surface area contributed by atoms with Gasteiger partial charge in [0, 0.05) is 54.9 Å². The third kappa shape index (κ3) is 4.09. The number of phenols is 1. The van der Waals surface area contributed by atoms with Crippen molar-refractivity contribution in [2.45, 2.75) is 43.7 Å². The van der Waals surface area contributed by atoms with E-state index in [1.54, 1.807) is 18.2 Å². The summed E-state index contributed by atoms with van der Waals surface area (Å²) in [6, 6.07) is 14.9. The number of ether oxygens (including phenoxy) is 1. The minimum Gasteiger partial charge on any atom is -0.508 e. The van der Waals surface area contributed by atoms with Crippen LogP contribution in [0.25, 0.3) is 32.8 Å². The van der Waals surface area contributed by atoms with Gasteiger partial charge >= 0.3 is 6.01 Å². The van der Waals surface area contributed by atoms with Crippen molar-refractivity contribution in [1.82, 2.24) is 15.3 Å². The topological polar surface area (TPSA) is 70.5 Å². The second-order valence-electron chi connectivity index (χ2n) is 10.9. The maximum atomic E-state index is 16.3. The standard InChI is InChI=1S/C29H27F3N4O2/c30-25-22(24-10-20(37)9-17-3-1-2-4-21(17)24)7-8-23-26(25)34-28(38-15-16-11-29(31,32)12-16)35-27(23)36-13-18-5-6-19(14-36)33-18/h1-4,7-10,16,18-19,33,37H,5-6,11-15H2/t18-,19+. The largest absolute Gasteiger partial charge is 0.508 e. The molecule has 3 fully saturated rings. The Balaban J connectivity index is 1.34. The van der Waals surface area contributed by atoms with E-state index in [-0.39, 0.29) is 42.6 Å². The van der Waals surface area contributed by atoms with Crippen molar-refractivity contribution < 1.29 is 23.0 Å². The molecule has 3 aromatic carbocycles. The Bertz CT molecular complexity index is 1540. The maximum absolute atomic E-state index is 16.3. The van der Waals surface area contributed by atoms with Crippen LogP contribution in [0.1, 0.15) is 25.7 Å². The van der Waals surface area contributed by atoms with Crippen molar-refractivity contribution in [3.63, 3.8) is 0 Å². The Hall–Kier alpha value is -3.59. The third-order valence-electron chi connectivity index (χ3n) is 8.04. The predicted octanol–water partition coefficient (Wildman–Crippen LogP) is 5.66. The van der Waals surface area contributed by atoms with E-state index in [2.05, 4.69) is 20.2 Å². The summed E-state index contributed by atoms with van der Waals surface area (Å²) < 4.78 is 48.8. The summed E-state index contributed by atoms with van der Waals surface area (Å²) in [5, 5.41) is 16.1. The Kier molecular flexibility index (Phi) is 5.40. The first-order valence-corrected chi connectivity index (χ1v) is 13.1. The molecule has 0 amide bonds.